The van der Waals surface area contributed by atoms with Crippen LogP contribution >= 0.6 is 24.8 Å². The third-order valence-corrected chi connectivity index (χ3v) is 4.04. The number of aliphatic hydroxyl groups excluding tert-OH is 1. The fourth-order valence-electron chi connectivity index (χ4n) is 2.71. The Hall–Kier alpha value is -1.47. The predicted octanol–water partition coefficient (Wildman–Crippen LogP) is 1.84. The normalized spacial score (nSPS) is 19.5. The van der Waals surface area contributed by atoms with Gasteiger partial charge >= 0.3 is 0 Å². The molecule has 2 atom stereocenters. The quantitative estimate of drug-likeness (QED) is 0.764. The van der Waals surface area contributed by atoms with Crippen molar-refractivity contribution >= 4 is 41.6 Å². The molecule has 2 unspecified atom stereocenters. The van der Waals surface area contributed by atoms with Gasteiger partial charge in [0.2, 0.25) is 0 Å². The molecule has 1 aromatic heterocycles. The molecule has 0 spiro atoms. The monoisotopic (exact) mass is 375 g/mol. The van der Waals surface area contributed by atoms with E-state index in [1.165, 1.54) is 12.1 Å². The van der Waals surface area contributed by atoms with Crippen molar-refractivity contribution in [3.8, 4) is 0 Å². The smallest absolute Gasteiger partial charge is 0.253 e. The van der Waals surface area contributed by atoms with E-state index in [-0.39, 0.29) is 42.5 Å². The maximum Gasteiger partial charge on any atom is 0.253 e. The molecule has 1 aromatic carbocycles. The van der Waals surface area contributed by atoms with Crippen LogP contribution < -0.4 is 10.6 Å². The Labute approximate surface area is 151 Å². The lowest BCUT2D eigenvalue weighted by atomic mass is 10.1. The summed E-state index contributed by atoms with van der Waals surface area (Å²) in [5, 5.41) is 16.4. The number of pyridine rings is 1. The SMILES string of the molecule is Cc1nc2cc(F)ccc2cc1C(=O)NCC1CNCC1O.Cl.Cl. The Morgan fingerprint density at radius 2 is 2.12 bits per heavy atom. The number of carbonyl (C=O) groups excluding carboxylic acids is 1. The maximum atomic E-state index is 13.2. The van der Waals surface area contributed by atoms with Crippen LogP contribution in [-0.4, -0.2) is 41.7 Å². The van der Waals surface area contributed by atoms with Crippen molar-refractivity contribution in [1.29, 1.82) is 0 Å². The van der Waals surface area contributed by atoms with Gasteiger partial charge in [-0.15, -0.1) is 24.8 Å². The number of benzene rings is 1. The van der Waals surface area contributed by atoms with Crippen LogP contribution in [0.25, 0.3) is 10.9 Å². The summed E-state index contributed by atoms with van der Waals surface area (Å²) in [6, 6.07) is 6.03. The van der Waals surface area contributed by atoms with Gasteiger partial charge in [0.25, 0.3) is 5.91 Å². The molecule has 0 saturated carbocycles. The van der Waals surface area contributed by atoms with Gasteiger partial charge in [0.05, 0.1) is 22.9 Å². The highest BCUT2D eigenvalue weighted by atomic mass is 35.5. The number of β-amino-alcohol motifs (C(OH)–C–C–N with tert-alkyl or cyclic N) is 1. The number of aromatic nitrogens is 1. The molecule has 0 radical (unpaired) electrons. The van der Waals surface area contributed by atoms with Crippen LogP contribution in [0.3, 0.4) is 0 Å². The van der Waals surface area contributed by atoms with Crippen LogP contribution in [-0.2, 0) is 0 Å². The zero-order chi connectivity index (χ0) is 15.7. The first-order valence-corrected chi connectivity index (χ1v) is 7.28. The topological polar surface area (TPSA) is 74.2 Å². The molecule has 1 saturated heterocycles. The highest BCUT2D eigenvalue weighted by Gasteiger charge is 2.25. The van der Waals surface area contributed by atoms with Crippen molar-refractivity contribution < 1.29 is 14.3 Å². The molecule has 132 valence electrons. The van der Waals surface area contributed by atoms with E-state index in [9.17, 15) is 14.3 Å². The third kappa shape index (κ3) is 4.33. The molecule has 0 aliphatic carbocycles. The molecule has 2 heterocycles. The Morgan fingerprint density at radius 1 is 1.38 bits per heavy atom. The molecule has 1 aliphatic rings. The summed E-state index contributed by atoms with van der Waals surface area (Å²) in [5.41, 5.74) is 1.56. The first-order chi connectivity index (χ1) is 10.5. The minimum Gasteiger partial charge on any atom is -0.391 e. The average Bonchev–Trinajstić information content (AvgIpc) is 2.89. The van der Waals surface area contributed by atoms with E-state index in [0.717, 1.165) is 5.39 Å². The van der Waals surface area contributed by atoms with E-state index in [1.807, 2.05) is 0 Å². The summed E-state index contributed by atoms with van der Waals surface area (Å²) in [6.07, 6.45) is -0.431. The van der Waals surface area contributed by atoms with Crippen LogP contribution in [0.15, 0.2) is 24.3 Å². The van der Waals surface area contributed by atoms with Crippen LogP contribution in [0.4, 0.5) is 4.39 Å². The second-order valence-corrected chi connectivity index (χ2v) is 5.65. The van der Waals surface area contributed by atoms with Gasteiger partial charge in [0.1, 0.15) is 5.82 Å². The largest absolute Gasteiger partial charge is 0.391 e. The van der Waals surface area contributed by atoms with Crippen LogP contribution in [0.1, 0.15) is 16.1 Å². The minimum atomic E-state index is -0.431. The summed E-state index contributed by atoms with van der Waals surface area (Å²) < 4.78 is 13.2. The number of hydrogen-bond acceptors (Lipinski definition) is 4. The first-order valence-electron chi connectivity index (χ1n) is 7.28. The number of halogens is 3. The first kappa shape index (κ1) is 20.6. The van der Waals surface area contributed by atoms with E-state index < -0.39 is 6.10 Å². The van der Waals surface area contributed by atoms with Crippen LogP contribution in [0.2, 0.25) is 0 Å². The highest BCUT2D eigenvalue weighted by molar-refractivity contribution is 5.98. The van der Waals surface area contributed by atoms with Gasteiger partial charge < -0.3 is 15.7 Å². The van der Waals surface area contributed by atoms with Gasteiger partial charge in [-0.25, -0.2) is 4.39 Å². The van der Waals surface area contributed by atoms with Crippen LogP contribution in [0.5, 0.6) is 0 Å². The Kier molecular flexibility index (Phi) is 7.35. The number of fused-ring (bicyclic) bond motifs is 1. The molecule has 24 heavy (non-hydrogen) atoms. The standard InChI is InChI=1S/C16H18FN3O2.2ClH/c1-9-13(4-10-2-3-12(17)5-14(10)20-9)16(22)19-7-11-6-18-8-15(11)21;;/h2-5,11,15,18,21H,6-8H2,1H3,(H,19,22);2*1H. The fraction of sp³-hybridized carbons (Fsp3) is 0.375. The zero-order valence-electron chi connectivity index (χ0n) is 13.1. The van der Waals surface area contributed by atoms with E-state index in [1.54, 1.807) is 19.1 Å². The van der Waals surface area contributed by atoms with Gasteiger partial charge in [-0.05, 0) is 25.1 Å². The lowest BCUT2D eigenvalue weighted by Crippen LogP contribution is -2.34. The Bertz CT molecular complexity index is 730. The summed E-state index contributed by atoms with van der Waals surface area (Å²) in [4.78, 5) is 16.6. The summed E-state index contributed by atoms with van der Waals surface area (Å²) in [5.74, 6) is -0.554. The molecule has 2 aromatic rings. The molecule has 3 rings (SSSR count). The van der Waals surface area contributed by atoms with Gasteiger partial charge in [0.15, 0.2) is 0 Å². The van der Waals surface area contributed by atoms with E-state index >= 15 is 0 Å². The molecule has 0 bridgehead atoms. The van der Waals surface area contributed by atoms with Crippen molar-refractivity contribution in [2.45, 2.75) is 13.0 Å². The minimum absolute atomic E-state index is 0. The summed E-state index contributed by atoms with van der Waals surface area (Å²) >= 11 is 0. The fourth-order valence-corrected chi connectivity index (χ4v) is 2.71. The van der Waals surface area contributed by atoms with E-state index in [2.05, 4.69) is 15.6 Å². The van der Waals surface area contributed by atoms with E-state index in [4.69, 9.17) is 0 Å². The molecule has 8 heteroatoms. The van der Waals surface area contributed by atoms with Gasteiger partial charge in [-0.3, -0.25) is 9.78 Å². The Morgan fingerprint density at radius 3 is 2.79 bits per heavy atom. The Balaban J connectivity index is 0.00000144. The maximum absolute atomic E-state index is 13.2. The third-order valence-electron chi connectivity index (χ3n) is 4.04. The number of nitrogens with one attached hydrogen (secondary N) is 2. The second-order valence-electron chi connectivity index (χ2n) is 5.65. The average molecular weight is 376 g/mol. The van der Waals surface area contributed by atoms with Crippen molar-refractivity contribution in [3.63, 3.8) is 0 Å². The second kappa shape index (κ2) is 8.58. The van der Waals surface area contributed by atoms with Crippen LogP contribution in [0, 0.1) is 18.7 Å². The number of aryl methyl sites for hydroxylation is 1. The van der Waals surface area contributed by atoms with Gasteiger partial charge in [-0.2, -0.15) is 0 Å². The highest BCUT2D eigenvalue weighted by Crippen LogP contribution is 2.18. The number of carbonyl (C=O) groups is 1. The molecular formula is C16H20Cl2FN3O2. The lowest BCUT2D eigenvalue weighted by molar-refractivity contribution is 0.0926. The number of amides is 1. The van der Waals surface area contributed by atoms with E-state index in [0.29, 0.717) is 36.4 Å². The van der Waals surface area contributed by atoms with Crippen molar-refractivity contribution in [3.05, 3.63) is 41.3 Å². The van der Waals surface area contributed by atoms with Gasteiger partial charge in [-0.1, -0.05) is 0 Å². The number of rotatable bonds is 3. The number of aliphatic hydroxyl groups is 1. The molecule has 1 amide bonds. The number of nitrogens with zero attached hydrogens (tertiary/aromatic N) is 1. The zero-order valence-corrected chi connectivity index (χ0v) is 14.7. The van der Waals surface area contributed by atoms with Crippen molar-refractivity contribution in [2.24, 2.45) is 5.92 Å². The molecule has 1 aliphatic heterocycles. The molecule has 5 nitrogen and oxygen atoms in total. The van der Waals surface area contributed by atoms with Crippen molar-refractivity contribution in [1.82, 2.24) is 15.6 Å². The lowest BCUT2D eigenvalue weighted by Gasteiger charge is -2.15. The molecular weight excluding hydrogens is 356 g/mol. The molecule has 3 N–H and O–H groups in total. The van der Waals surface area contributed by atoms with Gasteiger partial charge in [0, 0.05) is 37.0 Å². The predicted molar refractivity (Wildman–Crippen MR) is 95.6 cm³/mol. The summed E-state index contributed by atoms with van der Waals surface area (Å²) in [7, 11) is 0. The number of hydrogen-bond donors (Lipinski definition) is 3. The van der Waals surface area contributed by atoms with Crippen molar-refractivity contribution in [2.75, 3.05) is 19.6 Å². The summed E-state index contributed by atoms with van der Waals surface area (Å²) in [6.45, 7) is 3.39. The molecule has 1 fully saturated rings.